The monoisotopic (exact) mass is 276 g/mol. The van der Waals surface area contributed by atoms with E-state index in [0.717, 1.165) is 4.90 Å². The van der Waals surface area contributed by atoms with E-state index < -0.39 is 11.4 Å². The van der Waals surface area contributed by atoms with E-state index >= 15 is 0 Å². The number of carboxylic acids is 1. The Kier molecular flexibility index (Phi) is 3.57. The molecule has 0 radical (unpaired) electrons. The van der Waals surface area contributed by atoms with Gasteiger partial charge >= 0.3 is 5.97 Å². The second-order valence-corrected chi connectivity index (χ2v) is 4.90. The summed E-state index contributed by atoms with van der Waals surface area (Å²) in [4.78, 5) is 40.3. The van der Waals surface area contributed by atoms with Crippen molar-refractivity contribution in [3.8, 4) is 0 Å². The third-order valence-electron chi connectivity index (χ3n) is 3.97. The smallest absolute Gasteiger partial charge is 0.354 e. The summed E-state index contributed by atoms with van der Waals surface area (Å²) in [6.45, 7) is 3.76. The van der Waals surface area contributed by atoms with Gasteiger partial charge in [-0.3, -0.25) is 9.59 Å². The van der Waals surface area contributed by atoms with E-state index in [9.17, 15) is 14.4 Å². The molecular weight excluding hydrogens is 260 g/mol. The largest absolute Gasteiger partial charge is 0.477 e. The standard InChI is InChI=1S/C14H16N2O4/c1-3-14(4-2)8-11(17)16(13(14)20)9-5-6-15-10(7-9)12(18)19/h5-7H,3-4,8H2,1-2H3,(H,18,19). The SMILES string of the molecule is CCC1(CC)CC(=O)N(c2ccnc(C(=O)O)c2)C1=O. The van der Waals surface area contributed by atoms with E-state index in [0.29, 0.717) is 12.8 Å². The van der Waals surface area contributed by atoms with Crippen molar-refractivity contribution in [1.82, 2.24) is 4.98 Å². The molecule has 0 aliphatic carbocycles. The first-order chi connectivity index (χ1) is 9.45. The third-order valence-corrected chi connectivity index (χ3v) is 3.97. The number of aromatic nitrogens is 1. The van der Waals surface area contributed by atoms with E-state index in [1.165, 1.54) is 18.3 Å². The summed E-state index contributed by atoms with van der Waals surface area (Å²) in [5.41, 5.74) is -0.575. The first-order valence-electron chi connectivity index (χ1n) is 6.52. The number of carboxylic acid groups (broad SMARTS) is 1. The fourth-order valence-corrected chi connectivity index (χ4v) is 2.53. The van der Waals surface area contributed by atoms with E-state index in [1.807, 2.05) is 13.8 Å². The molecule has 1 saturated heterocycles. The van der Waals surface area contributed by atoms with Crippen LogP contribution < -0.4 is 4.90 Å². The lowest BCUT2D eigenvalue weighted by Crippen LogP contribution is -2.35. The van der Waals surface area contributed by atoms with Gasteiger partial charge in [-0.15, -0.1) is 0 Å². The molecule has 0 saturated carbocycles. The summed E-state index contributed by atoms with van der Waals surface area (Å²) in [5, 5.41) is 8.93. The van der Waals surface area contributed by atoms with E-state index in [4.69, 9.17) is 5.11 Å². The summed E-state index contributed by atoms with van der Waals surface area (Å²) >= 11 is 0. The summed E-state index contributed by atoms with van der Waals surface area (Å²) < 4.78 is 0. The molecule has 0 spiro atoms. The van der Waals surface area contributed by atoms with Crippen molar-refractivity contribution < 1.29 is 19.5 Å². The van der Waals surface area contributed by atoms with Gasteiger partial charge < -0.3 is 5.11 Å². The van der Waals surface area contributed by atoms with E-state index in [1.54, 1.807) is 0 Å². The van der Waals surface area contributed by atoms with Gasteiger partial charge in [-0.2, -0.15) is 0 Å². The normalized spacial score (nSPS) is 17.6. The zero-order chi connectivity index (χ0) is 14.9. The number of hydrogen-bond acceptors (Lipinski definition) is 4. The molecule has 2 amide bonds. The molecule has 1 aromatic rings. The van der Waals surface area contributed by atoms with Crippen LogP contribution in [0.1, 0.15) is 43.6 Å². The first kappa shape index (κ1) is 14.2. The van der Waals surface area contributed by atoms with Crippen molar-refractivity contribution in [3.05, 3.63) is 24.0 Å². The Morgan fingerprint density at radius 3 is 2.55 bits per heavy atom. The van der Waals surface area contributed by atoms with E-state index in [2.05, 4.69) is 4.98 Å². The first-order valence-corrected chi connectivity index (χ1v) is 6.52. The van der Waals surface area contributed by atoms with Crippen LogP contribution in [-0.2, 0) is 9.59 Å². The van der Waals surface area contributed by atoms with Gasteiger partial charge in [0.25, 0.3) is 0 Å². The lowest BCUT2D eigenvalue weighted by Gasteiger charge is -2.23. The predicted octanol–water partition coefficient (Wildman–Crippen LogP) is 1.85. The van der Waals surface area contributed by atoms with Crippen LogP contribution in [0, 0.1) is 5.41 Å². The summed E-state index contributed by atoms with van der Waals surface area (Å²) in [6, 6.07) is 2.73. The molecule has 1 aliphatic rings. The van der Waals surface area contributed by atoms with Crippen LogP contribution in [0.2, 0.25) is 0 Å². The molecule has 2 rings (SSSR count). The van der Waals surface area contributed by atoms with Crippen molar-refractivity contribution in [2.45, 2.75) is 33.1 Å². The summed E-state index contributed by atoms with van der Waals surface area (Å²) in [6.07, 6.45) is 2.63. The highest BCUT2D eigenvalue weighted by molar-refractivity contribution is 6.22. The zero-order valence-corrected chi connectivity index (χ0v) is 11.4. The van der Waals surface area contributed by atoms with Gasteiger partial charge in [0.1, 0.15) is 5.69 Å². The van der Waals surface area contributed by atoms with Crippen LogP contribution in [-0.4, -0.2) is 27.9 Å². The number of carbonyl (C=O) groups excluding carboxylic acids is 2. The van der Waals surface area contributed by atoms with Crippen LogP contribution >= 0.6 is 0 Å². The number of imide groups is 1. The zero-order valence-electron chi connectivity index (χ0n) is 11.4. The second-order valence-electron chi connectivity index (χ2n) is 4.90. The molecule has 1 aliphatic heterocycles. The lowest BCUT2D eigenvalue weighted by molar-refractivity contribution is -0.126. The van der Waals surface area contributed by atoms with Gasteiger partial charge in [0, 0.05) is 12.6 Å². The van der Waals surface area contributed by atoms with Crippen molar-refractivity contribution in [3.63, 3.8) is 0 Å². The minimum atomic E-state index is -1.19. The van der Waals surface area contributed by atoms with E-state index in [-0.39, 0.29) is 29.6 Å². The number of anilines is 1. The quantitative estimate of drug-likeness (QED) is 0.848. The number of rotatable bonds is 4. The third kappa shape index (κ3) is 2.07. The summed E-state index contributed by atoms with van der Waals surface area (Å²) in [5.74, 6) is -1.74. The van der Waals surface area contributed by atoms with Crippen LogP contribution in [0.25, 0.3) is 0 Å². The molecule has 0 aromatic carbocycles. The fourth-order valence-electron chi connectivity index (χ4n) is 2.53. The second kappa shape index (κ2) is 5.03. The minimum Gasteiger partial charge on any atom is -0.477 e. The molecule has 6 nitrogen and oxygen atoms in total. The van der Waals surface area contributed by atoms with Crippen molar-refractivity contribution in [1.29, 1.82) is 0 Å². The Hall–Kier alpha value is -2.24. The Morgan fingerprint density at radius 1 is 1.40 bits per heavy atom. The number of amides is 2. The highest BCUT2D eigenvalue weighted by Crippen LogP contribution is 2.41. The Balaban J connectivity index is 2.43. The van der Waals surface area contributed by atoms with Crippen LogP contribution in [0.4, 0.5) is 5.69 Å². The molecule has 0 unspecified atom stereocenters. The highest BCUT2D eigenvalue weighted by Gasteiger charge is 2.49. The maximum atomic E-state index is 12.5. The van der Waals surface area contributed by atoms with Crippen LogP contribution in [0.3, 0.4) is 0 Å². The summed E-state index contributed by atoms with van der Waals surface area (Å²) in [7, 11) is 0. The van der Waals surface area contributed by atoms with Crippen LogP contribution in [0.5, 0.6) is 0 Å². The van der Waals surface area contributed by atoms with Gasteiger partial charge in [0.2, 0.25) is 11.8 Å². The minimum absolute atomic E-state index is 0.170. The molecule has 6 heteroatoms. The number of pyridine rings is 1. The van der Waals surface area contributed by atoms with Gasteiger partial charge in [0.05, 0.1) is 11.1 Å². The Morgan fingerprint density at radius 2 is 2.05 bits per heavy atom. The molecule has 106 valence electrons. The van der Waals surface area contributed by atoms with Gasteiger partial charge in [-0.1, -0.05) is 13.8 Å². The molecule has 2 heterocycles. The molecule has 1 N–H and O–H groups in total. The predicted molar refractivity (Wildman–Crippen MR) is 71.3 cm³/mol. The number of carbonyl (C=O) groups is 3. The number of nitrogens with zero attached hydrogens (tertiary/aromatic N) is 2. The number of hydrogen-bond donors (Lipinski definition) is 1. The molecule has 1 aromatic heterocycles. The Bertz CT molecular complexity index is 578. The topological polar surface area (TPSA) is 87.6 Å². The highest BCUT2D eigenvalue weighted by atomic mass is 16.4. The van der Waals surface area contributed by atoms with Gasteiger partial charge in [0.15, 0.2) is 0 Å². The number of aromatic carboxylic acids is 1. The lowest BCUT2D eigenvalue weighted by atomic mass is 9.81. The van der Waals surface area contributed by atoms with Gasteiger partial charge in [-0.05, 0) is 25.0 Å². The molecule has 1 fully saturated rings. The molecule has 20 heavy (non-hydrogen) atoms. The molecule has 0 bridgehead atoms. The van der Waals surface area contributed by atoms with Crippen molar-refractivity contribution >= 4 is 23.5 Å². The Labute approximate surface area is 116 Å². The molecule has 0 atom stereocenters. The fraction of sp³-hybridized carbons (Fsp3) is 0.429. The van der Waals surface area contributed by atoms with Gasteiger partial charge in [-0.25, -0.2) is 14.7 Å². The van der Waals surface area contributed by atoms with Crippen LogP contribution in [0.15, 0.2) is 18.3 Å². The maximum Gasteiger partial charge on any atom is 0.354 e. The maximum absolute atomic E-state index is 12.5. The average Bonchev–Trinajstić information content (AvgIpc) is 2.70. The van der Waals surface area contributed by atoms with Crippen molar-refractivity contribution in [2.24, 2.45) is 5.41 Å². The average molecular weight is 276 g/mol. The van der Waals surface area contributed by atoms with Crippen molar-refractivity contribution in [2.75, 3.05) is 4.90 Å². The molecular formula is C14H16N2O4.